The van der Waals surface area contributed by atoms with Crippen molar-refractivity contribution in [1.82, 2.24) is 14.3 Å². The van der Waals surface area contributed by atoms with Crippen LogP contribution in [0, 0.1) is 0 Å². The maximum atomic E-state index is 12.7. The smallest absolute Gasteiger partial charge is 0.246 e. The first-order valence-corrected chi connectivity index (χ1v) is 8.13. The molecule has 1 aliphatic heterocycles. The minimum atomic E-state index is -3.82. The third-order valence-corrected chi connectivity index (χ3v) is 5.91. The van der Waals surface area contributed by atoms with E-state index in [0.717, 1.165) is 5.56 Å². The highest BCUT2D eigenvalue weighted by Gasteiger charge is 2.34. The number of rotatable bonds is 2. The van der Waals surface area contributed by atoms with E-state index in [1.54, 1.807) is 6.07 Å². The molecule has 1 aromatic heterocycles. The predicted octanol–water partition coefficient (Wildman–Crippen LogP) is 2.07. The Labute approximate surface area is 131 Å². The van der Waals surface area contributed by atoms with Crippen LogP contribution in [-0.4, -0.2) is 22.7 Å². The van der Waals surface area contributed by atoms with Gasteiger partial charge in [-0.15, -0.1) is 0 Å². The lowest BCUT2D eigenvalue weighted by atomic mass is 10.3. The van der Waals surface area contributed by atoms with E-state index in [1.807, 2.05) is 0 Å². The van der Waals surface area contributed by atoms with Gasteiger partial charge in [-0.2, -0.15) is 4.31 Å². The number of anilines is 1. The predicted molar refractivity (Wildman–Crippen MR) is 79.3 cm³/mol. The Balaban J connectivity index is 2.02. The van der Waals surface area contributed by atoms with Crippen LogP contribution >= 0.6 is 23.2 Å². The molecule has 0 unspecified atom stereocenters. The summed E-state index contributed by atoms with van der Waals surface area (Å²) in [7, 11) is -3.82. The van der Waals surface area contributed by atoms with E-state index < -0.39 is 10.0 Å². The highest BCUT2D eigenvalue weighted by atomic mass is 35.5. The van der Waals surface area contributed by atoms with Crippen molar-refractivity contribution in [1.29, 1.82) is 0 Å². The number of nitrogens with two attached hydrogens (primary N) is 1. The Bertz CT molecular complexity index is 806. The van der Waals surface area contributed by atoms with Gasteiger partial charge in [-0.05, 0) is 12.1 Å². The molecule has 3 rings (SSSR count). The van der Waals surface area contributed by atoms with Crippen LogP contribution in [0.25, 0.3) is 0 Å². The lowest BCUT2D eigenvalue weighted by Gasteiger charge is -2.17. The standard InChI is InChI=1S/C12H10Cl2N4O2S/c13-8-2-1-3-9(14)11(8)21(19,20)18-5-7-4-16-12(15)17-10(7)6-18/h1-4H,5-6H2,(H2,15,16,17). The van der Waals surface area contributed by atoms with Gasteiger partial charge in [0.2, 0.25) is 16.0 Å². The highest BCUT2D eigenvalue weighted by Crippen LogP contribution is 2.34. The summed E-state index contributed by atoms with van der Waals surface area (Å²) < 4.78 is 26.7. The first-order chi connectivity index (χ1) is 9.89. The summed E-state index contributed by atoms with van der Waals surface area (Å²) >= 11 is 12.0. The average Bonchev–Trinajstić information content (AvgIpc) is 2.81. The lowest BCUT2D eigenvalue weighted by Crippen LogP contribution is -2.26. The molecular formula is C12H10Cl2N4O2S. The fourth-order valence-corrected chi connectivity index (χ4v) is 4.64. The molecule has 0 amide bonds. The second-order valence-corrected chi connectivity index (χ2v) is 7.21. The zero-order chi connectivity index (χ0) is 15.2. The van der Waals surface area contributed by atoms with Gasteiger partial charge in [0.25, 0.3) is 0 Å². The van der Waals surface area contributed by atoms with Gasteiger partial charge < -0.3 is 5.73 Å². The lowest BCUT2D eigenvalue weighted by molar-refractivity contribution is 0.430. The van der Waals surface area contributed by atoms with Crippen LogP contribution in [0.15, 0.2) is 29.3 Å². The molecule has 0 atom stereocenters. The molecule has 2 N–H and O–H groups in total. The molecule has 21 heavy (non-hydrogen) atoms. The van der Waals surface area contributed by atoms with E-state index in [2.05, 4.69) is 9.97 Å². The van der Waals surface area contributed by atoms with Crippen LogP contribution in [0.5, 0.6) is 0 Å². The highest BCUT2D eigenvalue weighted by molar-refractivity contribution is 7.89. The van der Waals surface area contributed by atoms with Crippen LogP contribution in [0.1, 0.15) is 11.3 Å². The molecule has 1 aliphatic rings. The molecule has 0 radical (unpaired) electrons. The monoisotopic (exact) mass is 344 g/mol. The van der Waals surface area contributed by atoms with Crippen LogP contribution in [0.4, 0.5) is 5.95 Å². The molecule has 0 saturated carbocycles. The van der Waals surface area contributed by atoms with Crippen molar-refractivity contribution in [3.8, 4) is 0 Å². The van der Waals surface area contributed by atoms with Gasteiger partial charge in [-0.3, -0.25) is 0 Å². The number of sulfonamides is 1. The van der Waals surface area contributed by atoms with Gasteiger partial charge in [0.1, 0.15) is 4.90 Å². The van der Waals surface area contributed by atoms with Gasteiger partial charge >= 0.3 is 0 Å². The minimum absolute atomic E-state index is 0.0871. The number of hydrogen-bond acceptors (Lipinski definition) is 5. The molecule has 2 aromatic rings. The van der Waals surface area contributed by atoms with Crippen LogP contribution in [0.2, 0.25) is 10.0 Å². The summed E-state index contributed by atoms with van der Waals surface area (Å²) in [6.45, 7) is 0.283. The van der Waals surface area contributed by atoms with Crippen molar-refractivity contribution in [3.05, 3.63) is 45.7 Å². The maximum absolute atomic E-state index is 12.7. The van der Waals surface area contributed by atoms with E-state index in [0.29, 0.717) is 5.69 Å². The minimum Gasteiger partial charge on any atom is -0.368 e. The summed E-state index contributed by atoms with van der Waals surface area (Å²) in [6, 6.07) is 4.57. The van der Waals surface area contributed by atoms with Crippen LogP contribution in [-0.2, 0) is 23.1 Å². The Kier molecular flexibility index (Phi) is 3.53. The first kappa shape index (κ1) is 14.5. The van der Waals surface area contributed by atoms with Crippen molar-refractivity contribution in [3.63, 3.8) is 0 Å². The number of nitrogen functional groups attached to an aromatic ring is 1. The summed E-state index contributed by atoms with van der Waals surface area (Å²) in [5.41, 5.74) is 6.82. The molecule has 1 aromatic carbocycles. The van der Waals surface area contributed by atoms with Crippen LogP contribution < -0.4 is 5.73 Å². The van der Waals surface area contributed by atoms with Crippen molar-refractivity contribution < 1.29 is 8.42 Å². The number of hydrogen-bond donors (Lipinski definition) is 1. The number of aromatic nitrogens is 2. The largest absolute Gasteiger partial charge is 0.368 e. The number of fused-ring (bicyclic) bond motifs is 1. The fourth-order valence-electron chi connectivity index (χ4n) is 2.17. The van der Waals surface area contributed by atoms with Crippen molar-refractivity contribution in [2.75, 3.05) is 5.73 Å². The number of benzene rings is 1. The summed E-state index contributed by atoms with van der Waals surface area (Å²) in [5, 5.41) is 0.174. The zero-order valence-corrected chi connectivity index (χ0v) is 13.0. The molecule has 2 heterocycles. The molecule has 9 heteroatoms. The van der Waals surface area contributed by atoms with E-state index in [9.17, 15) is 8.42 Å². The van der Waals surface area contributed by atoms with Crippen LogP contribution in [0.3, 0.4) is 0 Å². The van der Waals surface area contributed by atoms with Crippen molar-refractivity contribution in [2.45, 2.75) is 18.0 Å². The van der Waals surface area contributed by atoms with Gasteiger partial charge in [0.15, 0.2) is 0 Å². The van der Waals surface area contributed by atoms with Crippen molar-refractivity contribution >= 4 is 39.2 Å². The molecular weight excluding hydrogens is 335 g/mol. The maximum Gasteiger partial charge on any atom is 0.246 e. The van der Waals surface area contributed by atoms with Gasteiger partial charge in [0.05, 0.1) is 22.3 Å². The molecule has 6 nitrogen and oxygen atoms in total. The fraction of sp³-hybridized carbons (Fsp3) is 0.167. The van der Waals surface area contributed by atoms with E-state index in [1.165, 1.54) is 22.6 Å². The Hall–Kier alpha value is -1.41. The Morgan fingerprint density at radius 3 is 2.52 bits per heavy atom. The van der Waals surface area contributed by atoms with E-state index >= 15 is 0 Å². The number of halogens is 2. The second kappa shape index (κ2) is 5.10. The SMILES string of the molecule is Nc1ncc2c(n1)CN(S(=O)(=O)c1c(Cl)cccc1Cl)C2. The molecule has 0 bridgehead atoms. The molecule has 0 spiro atoms. The quantitative estimate of drug-likeness (QED) is 0.900. The summed E-state index contributed by atoms with van der Waals surface area (Å²) in [6.07, 6.45) is 1.53. The zero-order valence-electron chi connectivity index (χ0n) is 10.6. The van der Waals surface area contributed by atoms with Gasteiger partial charge in [0, 0.05) is 18.3 Å². The van der Waals surface area contributed by atoms with Crippen molar-refractivity contribution in [2.24, 2.45) is 0 Å². The summed E-state index contributed by atoms with van der Waals surface area (Å²) in [5.74, 6) is 0.115. The second-order valence-electron chi connectivity index (χ2n) is 4.52. The van der Waals surface area contributed by atoms with Gasteiger partial charge in [-0.1, -0.05) is 29.3 Å². The third kappa shape index (κ3) is 2.46. The first-order valence-electron chi connectivity index (χ1n) is 5.94. The van der Waals surface area contributed by atoms with Gasteiger partial charge in [-0.25, -0.2) is 18.4 Å². The third-order valence-electron chi connectivity index (χ3n) is 3.16. The molecule has 110 valence electrons. The summed E-state index contributed by atoms with van der Waals surface area (Å²) in [4.78, 5) is 7.82. The normalized spacial score (nSPS) is 15.1. The van der Waals surface area contributed by atoms with E-state index in [4.69, 9.17) is 28.9 Å². The Morgan fingerprint density at radius 2 is 1.86 bits per heavy atom. The average molecular weight is 345 g/mol. The van der Waals surface area contributed by atoms with E-state index in [-0.39, 0.29) is 34.0 Å². The number of nitrogens with zero attached hydrogens (tertiary/aromatic N) is 3. The topological polar surface area (TPSA) is 89.2 Å². The Morgan fingerprint density at radius 1 is 1.19 bits per heavy atom. The molecule has 0 fully saturated rings. The molecule has 0 aliphatic carbocycles. The molecule has 0 saturated heterocycles.